The van der Waals surface area contributed by atoms with Crippen molar-refractivity contribution in [3.8, 4) is 0 Å². The summed E-state index contributed by atoms with van der Waals surface area (Å²) >= 11 is 0. The van der Waals surface area contributed by atoms with Crippen LogP contribution in [-0.2, 0) is 4.74 Å². The Bertz CT molecular complexity index is 310. The van der Waals surface area contributed by atoms with E-state index in [9.17, 15) is 0 Å². The standard InChI is InChI=1S/C18H35NO/c1-17(2,3)14-9-7-13(8-10-14)12-19-15-11-16(20-6)18(15,4)5/h13-16,19H,7-12H2,1-6H3. The van der Waals surface area contributed by atoms with Gasteiger partial charge in [-0.25, -0.2) is 0 Å². The minimum absolute atomic E-state index is 0.303. The van der Waals surface area contributed by atoms with Gasteiger partial charge >= 0.3 is 0 Å². The van der Waals surface area contributed by atoms with E-state index in [1.807, 2.05) is 7.11 Å². The molecule has 0 bridgehead atoms. The zero-order valence-corrected chi connectivity index (χ0v) is 14.5. The maximum absolute atomic E-state index is 5.53. The zero-order chi connectivity index (χ0) is 15.0. The lowest BCUT2D eigenvalue weighted by Gasteiger charge is -2.52. The molecule has 20 heavy (non-hydrogen) atoms. The van der Waals surface area contributed by atoms with Gasteiger partial charge in [-0.2, -0.15) is 0 Å². The second kappa shape index (κ2) is 5.96. The van der Waals surface area contributed by atoms with Crippen molar-refractivity contribution in [1.82, 2.24) is 5.32 Å². The highest BCUT2D eigenvalue weighted by molar-refractivity contribution is 5.02. The molecule has 2 rings (SSSR count). The Kier molecular flexibility index (Phi) is 4.86. The molecule has 0 aliphatic heterocycles. The van der Waals surface area contributed by atoms with Crippen molar-refractivity contribution in [2.75, 3.05) is 13.7 Å². The number of methoxy groups -OCH3 is 1. The molecule has 1 N–H and O–H groups in total. The van der Waals surface area contributed by atoms with Crippen LogP contribution in [0, 0.1) is 22.7 Å². The van der Waals surface area contributed by atoms with E-state index in [2.05, 4.69) is 39.9 Å². The van der Waals surface area contributed by atoms with Crippen LogP contribution in [0.2, 0.25) is 0 Å². The lowest BCUT2D eigenvalue weighted by atomic mass is 9.64. The molecule has 2 unspecified atom stereocenters. The van der Waals surface area contributed by atoms with Crippen molar-refractivity contribution in [3.05, 3.63) is 0 Å². The molecule has 0 spiro atoms. The van der Waals surface area contributed by atoms with Gasteiger partial charge in [0, 0.05) is 18.6 Å². The van der Waals surface area contributed by atoms with E-state index < -0.39 is 0 Å². The Hall–Kier alpha value is -0.0800. The lowest BCUT2D eigenvalue weighted by Crippen LogP contribution is -2.61. The highest BCUT2D eigenvalue weighted by Gasteiger charge is 2.48. The topological polar surface area (TPSA) is 21.3 Å². The molecule has 2 fully saturated rings. The monoisotopic (exact) mass is 281 g/mol. The summed E-state index contributed by atoms with van der Waals surface area (Å²) in [4.78, 5) is 0. The highest BCUT2D eigenvalue weighted by Crippen LogP contribution is 2.43. The molecule has 0 radical (unpaired) electrons. The summed E-state index contributed by atoms with van der Waals surface area (Å²) in [7, 11) is 1.84. The summed E-state index contributed by atoms with van der Waals surface area (Å²) in [6.07, 6.45) is 7.29. The first-order valence-corrected chi connectivity index (χ1v) is 8.51. The van der Waals surface area contributed by atoms with Gasteiger partial charge in [0.1, 0.15) is 0 Å². The zero-order valence-electron chi connectivity index (χ0n) is 14.5. The Morgan fingerprint density at radius 3 is 2.15 bits per heavy atom. The Labute approximate surface area is 126 Å². The number of rotatable bonds is 4. The first kappa shape index (κ1) is 16.3. The number of hydrogen-bond donors (Lipinski definition) is 1. The van der Waals surface area contributed by atoms with Crippen molar-refractivity contribution in [1.29, 1.82) is 0 Å². The van der Waals surface area contributed by atoms with Crippen LogP contribution in [0.25, 0.3) is 0 Å². The fourth-order valence-electron chi connectivity index (χ4n) is 4.17. The fraction of sp³-hybridized carbons (Fsp3) is 1.00. The first-order chi connectivity index (χ1) is 9.25. The maximum atomic E-state index is 5.53. The van der Waals surface area contributed by atoms with Crippen LogP contribution in [0.4, 0.5) is 0 Å². The van der Waals surface area contributed by atoms with Crippen LogP contribution < -0.4 is 5.32 Å². The number of hydrogen-bond acceptors (Lipinski definition) is 2. The molecule has 0 amide bonds. The Morgan fingerprint density at radius 1 is 1.10 bits per heavy atom. The lowest BCUT2D eigenvalue weighted by molar-refractivity contribution is -0.0984. The van der Waals surface area contributed by atoms with Crippen molar-refractivity contribution in [2.45, 2.75) is 78.9 Å². The molecular formula is C18H35NO. The Balaban J connectivity index is 1.70. The van der Waals surface area contributed by atoms with Gasteiger partial charge in [-0.3, -0.25) is 0 Å². The fourth-order valence-corrected chi connectivity index (χ4v) is 4.17. The average Bonchev–Trinajstić information content (AvgIpc) is 2.37. The predicted octanol–water partition coefficient (Wildman–Crippen LogP) is 4.24. The van der Waals surface area contributed by atoms with Gasteiger partial charge in [-0.1, -0.05) is 34.6 Å². The molecule has 2 aliphatic carbocycles. The molecule has 0 saturated heterocycles. The summed E-state index contributed by atoms with van der Waals surface area (Å²) in [6, 6.07) is 0.646. The van der Waals surface area contributed by atoms with Crippen LogP contribution in [0.5, 0.6) is 0 Å². The van der Waals surface area contributed by atoms with Crippen LogP contribution in [0.3, 0.4) is 0 Å². The van der Waals surface area contributed by atoms with E-state index in [0.29, 0.717) is 23.0 Å². The van der Waals surface area contributed by atoms with Crippen molar-refractivity contribution in [2.24, 2.45) is 22.7 Å². The average molecular weight is 281 g/mol. The summed E-state index contributed by atoms with van der Waals surface area (Å²) in [5, 5.41) is 3.82. The normalized spacial score (nSPS) is 37.5. The molecule has 2 nitrogen and oxygen atoms in total. The minimum Gasteiger partial charge on any atom is -0.381 e. The van der Waals surface area contributed by atoms with E-state index in [-0.39, 0.29) is 0 Å². The molecule has 2 heteroatoms. The molecule has 2 aliphatic rings. The summed E-state index contributed by atoms with van der Waals surface area (Å²) in [6.45, 7) is 13.1. The van der Waals surface area contributed by atoms with E-state index in [4.69, 9.17) is 4.74 Å². The summed E-state index contributed by atoms with van der Waals surface area (Å²) < 4.78 is 5.53. The van der Waals surface area contributed by atoms with Crippen molar-refractivity contribution in [3.63, 3.8) is 0 Å². The van der Waals surface area contributed by atoms with Crippen LogP contribution in [-0.4, -0.2) is 25.8 Å². The van der Waals surface area contributed by atoms with E-state index in [1.54, 1.807) is 0 Å². The second-order valence-corrected chi connectivity index (χ2v) is 8.83. The molecule has 2 saturated carbocycles. The van der Waals surface area contributed by atoms with Crippen molar-refractivity contribution < 1.29 is 4.74 Å². The maximum Gasteiger partial charge on any atom is 0.0652 e. The van der Waals surface area contributed by atoms with Crippen LogP contribution in [0.1, 0.15) is 66.7 Å². The molecular weight excluding hydrogens is 246 g/mol. The molecule has 0 heterocycles. The molecule has 0 aromatic carbocycles. The SMILES string of the molecule is COC1CC(NCC2CCC(C(C)(C)C)CC2)C1(C)C. The second-order valence-electron chi connectivity index (χ2n) is 8.83. The molecule has 0 aromatic heterocycles. The minimum atomic E-state index is 0.303. The summed E-state index contributed by atoms with van der Waals surface area (Å²) in [5.74, 6) is 1.82. The molecule has 0 aromatic rings. The van der Waals surface area contributed by atoms with E-state index in [1.165, 1.54) is 38.6 Å². The largest absolute Gasteiger partial charge is 0.381 e. The number of nitrogens with one attached hydrogen (secondary N) is 1. The van der Waals surface area contributed by atoms with Crippen LogP contribution >= 0.6 is 0 Å². The van der Waals surface area contributed by atoms with Gasteiger partial charge in [-0.05, 0) is 55.9 Å². The third-order valence-corrected chi connectivity index (χ3v) is 6.19. The first-order valence-electron chi connectivity index (χ1n) is 8.51. The smallest absolute Gasteiger partial charge is 0.0652 e. The van der Waals surface area contributed by atoms with Gasteiger partial charge in [0.15, 0.2) is 0 Å². The molecule has 118 valence electrons. The Morgan fingerprint density at radius 2 is 1.70 bits per heavy atom. The van der Waals surface area contributed by atoms with Crippen molar-refractivity contribution >= 4 is 0 Å². The predicted molar refractivity (Wildman–Crippen MR) is 85.9 cm³/mol. The van der Waals surface area contributed by atoms with Gasteiger partial charge in [0.2, 0.25) is 0 Å². The summed E-state index contributed by atoms with van der Waals surface area (Å²) in [5.41, 5.74) is 0.803. The quantitative estimate of drug-likeness (QED) is 0.832. The number of ether oxygens (including phenoxy) is 1. The molecule has 2 atom stereocenters. The van der Waals surface area contributed by atoms with E-state index >= 15 is 0 Å². The van der Waals surface area contributed by atoms with Gasteiger partial charge < -0.3 is 10.1 Å². The van der Waals surface area contributed by atoms with E-state index in [0.717, 1.165) is 11.8 Å². The third kappa shape index (κ3) is 3.39. The third-order valence-electron chi connectivity index (χ3n) is 6.19. The van der Waals surface area contributed by atoms with Gasteiger partial charge in [0.25, 0.3) is 0 Å². The van der Waals surface area contributed by atoms with Gasteiger partial charge in [-0.15, -0.1) is 0 Å². The highest BCUT2D eigenvalue weighted by atomic mass is 16.5. The van der Waals surface area contributed by atoms with Gasteiger partial charge in [0.05, 0.1) is 6.10 Å². The van der Waals surface area contributed by atoms with Crippen LogP contribution in [0.15, 0.2) is 0 Å².